The Labute approximate surface area is 92.4 Å². The van der Waals surface area contributed by atoms with Gasteiger partial charge in [0.05, 0.1) is 6.10 Å². The van der Waals surface area contributed by atoms with E-state index in [0.29, 0.717) is 12.5 Å². The zero-order valence-electron chi connectivity index (χ0n) is 9.86. The highest BCUT2D eigenvalue weighted by atomic mass is 16.5. The van der Waals surface area contributed by atoms with Crippen molar-refractivity contribution >= 4 is 0 Å². The fraction of sp³-hybridized carbons (Fsp3) is 0.538. The lowest BCUT2D eigenvalue weighted by Crippen LogP contribution is -2.18. The average molecular weight is 207 g/mol. The predicted molar refractivity (Wildman–Crippen MR) is 63.8 cm³/mol. The molecule has 0 aromatic heterocycles. The van der Waals surface area contributed by atoms with E-state index in [9.17, 15) is 0 Å². The first kappa shape index (κ1) is 12.2. The Kier molecular flexibility index (Phi) is 4.79. The molecule has 1 aromatic rings. The second-order valence-corrected chi connectivity index (χ2v) is 4.36. The van der Waals surface area contributed by atoms with Crippen LogP contribution in [0.25, 0.3) is 0 Å². The van der Waals surface area contributed by atoms with E-state index in [1.165, 1.54) is 11.1 Å². The van der Waals surface area contributed by atoms with Gasteiger partial charge in [-0.3, -0.25) is 0 Å². The maximum Gasteiger partial charge on any atom is 0.0947 e. The van der Waals surface area contributed by atoms with Crippen LogP contribution in [-0.4, -0.2) is 13.2 Å². The van der Waals surface area contributed by atoms with Crippen LogP contribution in [0.4, 0.5) is 0 Å². The molecule has 2 nitrogen and oxygen atoms in total. The summed E-state index contributed by atoms with van der Waals surface area (Å²) in [5, 5.41) is 0. The van der Waals surface area contributed by atoms with Crippen LogP contribution >= 0.6 is 0 Å². The molecule has 0 saturated heterocycles. The van der Waals surface area contributed by atoms with Gasteiger partial charge in [0.25, 0.3) is 0 Å². The van der Waals surface area contributed by atoms with Crippen molar-refractivity contribution in [2.24, 2.45) is 11.7 Å². The van der Waals surface area contributed by atoms with Gasteiger partial charge in [-0.25, -0.2) is 0 Å². The molecular formula is C13H21NO. The number of aryl methyl sites for hydroxylation is 1. The van der Waals surface area contributed by atoms with Crippen LogP contribution in [0.1, 0.15) is 31.1 Å². The fourth-order valence-electron chi connectivity index (χ4n) is 1.39. The Morgan fingerprint density at radius 1 is 1.20 bits per heavy atom. The first-order valence-electron chi connectivity index (χ1n) is 5.51. The summed E-state index contributed by atoms with van der Waals surface area (Å²) in [6.45, 7) is 7.66. The topological polar surface area (TPSA) is 35.2 Å². The summed E-state index contributed by atoms with van der Waals surface area (Å²) in [4.78, 5) is 0. The standard InChI is InChI=1S/C13H21NO/c1-10(2)9-15-13(8-14)12-6-4-11(3)5-7-12/h4-7,10,13H,8-9,14H2,1-3H3. The smallest absolute Gasteiger partial charge is 0.0947 e. The highest BCUT2D eigenvalue weighted by molar-refractivity contribution is 5.23. The van der Waals surface area contributed by atoms with Gasteiger partial charge in [0.1, 0.15) is 0 Å². The first-order chi connectivity index (χ1) is 7.13. The third kappa shape index (κ3) is 4.02. The molecule has 2 N–H and O–H groups in total. The molecule has 0 amide bonds. The molecule has 1 unspecified atom stereocenters. The van der Waals surface area contributed by atoms with Crippen molar-refractivity contribution in [2.45, 2.75) is 26.9 Å². The lowest BCUT2D eigenvalue weighted by molar-refractivity contribution is 0.0406. The molecule has 0 heterocycles. The quantitative estimate of drug-likeness (QED) is 0.805. The van der Waals surface area contributed by atoms with Crippen LogP contribution < -0.4 is 5.73 Å². The molecule has 0 bridgehead atoms. The third-order valence-corrected chi connectivity index (χ3v) is 2.29. The molecule has 0 spiro atoms. The van der Waals surface area contributed by atoms with E-state index in [1.807, 2.05) is 0 Å². The number of hydrogen-bond acceptors (Lipinski definition) is 2. The summed E-state index contributed by atoms with van der Waals surface area (Å²) >= 11 is 0. The van der Waals surface area contributed by atoms with Crippen molar-refractivity contribution in [3.05, 3.63) is 35.4 Å². The van der Waals surface area contributed by atoms with Gasteiger partial charge in [-0.2, -0.15) is 0 Å². The summed E-state index contributed by atoms with van der Waals surface area (Å²) in [5.41, 5.74) is 8.14. The SMILES string of the molecule is Cc1ccc(C(CN)OCC(C)C)cc1. The molecule has 0 radical (unpaired) electrons. The molecule has 0 aliphatic rings. The highest BCUT2D eigenvalue weighted by Crippen LogP contribution is 2.17. The molecular weight excluding hydrogens is 186 g/mol. The van der Waals surface area contributed by atoms with Gasteiger partial charge in [0.15, 0.2) is 0 Å². The van der Waals surface area contributed by atoms with E-state index in [1.54, 1.807) is 0 Å². The number of benzene rings is 1. The van der Waals surface area contributed by atoms with E-state index in [0.717, 1.165) is 6.61 Å². The van der Waals surface area contributed by atoms with E-state index in [2.05, 4.69) is 45.0 Å². The second kappa shape index (κ2) is 5.89. The van der Waals surface area contributed by atoms with Crippen molar-refractivity contribution in [3.63, 3.8) is 0 Å². The van der Waals surface area contributed by atoms with E-state index < -0.39 is 0 Å². The maximum absolute atomic E-state index is 5.75. The van der Waals surface area contributed by atoms with Crippen molar-refractivity contribution < 1.29 is 4.74 Å². The van der Waals surface area contributed by atoms with Crippen molar-refractivity contribution in [1.82, 2.24) is 0 Å². The fourth-order valence-corrected chi connectivity index (χ4v) is 1.39. The van der Waals surface area contributed by atoms with Crippen molar-refractivity contribution in [1.29, 1.82) is 0 Å². The Morgan fingerprint density at radius 3 is 2.27 bits per heavy atom. The van der Waals surface area contributed by atoms with Crippen LogP contribution in [0.5, 0.6) is 0 Å². The van der Waals surface area contributed by atoms with Crippen LogP contribution in [0.3, 0.4) is 0 Å². The van der Waals surface area contributed by atoms with Gasteiger partial charge >= 0.3 is 0 Å². The highest BCUT2D eigenvalue weighted by Gasteiger charge is 2.10. The minimum absolute atomic E-state index is 0.0352. The van der Waals surface area contributed by atoms with Crippen molar-refractivity contribution in [3.8, 4) is 0 Å². The predicted octanol–water partition coefficient (Wildman–Crippen LogP) is 2.67. The number of rotatable bonds is 5. The Bertz CT molecular complexity index is 279. The van der Waals surface area contributed by atoms with Gasteiger partial charge < -0.3 is 10.5 Å². The van der Waals surface area contributed by atoms with Gasteiger partial charge in [-0.1, -0.05) is 43.7 Å². The number of hydrogen-bond donors (Lipinski definition) is 1. The minimum Gasteiger partial charge on any atom is -0.372 e. The summed E-state index contributed by atoms with van der Waals surface area (Å²) in [7, 11) is 0. The number of nitrogens with two attached hydrogens (primary N) is 1. The maximum atomic E-state index is 5.75. The molecule has 0 saturated carbocycles. The monoisotopic (exact) mass is 207 g/mol. The van der Waals surface area contributed by atoms with Gasteiger partial charge in [-0.05, 0) is 18.4 Å². The third-order valence-electron chi connectivity index (χ3n) is 2.29. The lowest BCUT2D eigenvalue weighted by atomic mass is 10.1. The lowest BCUT2D eigenvalue weighted by Gasteiger charge is -2.18. The minimum atomic E-state index is 0.0352. The molecule has 2 heteroatoms. The summed E-state index contributed by atoms with van der Waals surface area (Å²) in [6.07, 6.45) is 0.0352. The van der Waals surface area contributed by atoms with Gasteiger partial charge in [0.2, 0.25) is 0 Å². The zero-order valence-corrected chi connectivity index (χ0v) is 9.86. The molecule has 84 valence electrons. The molecule has 0 aliphatic heterocycles. The number of ether oxygens (including phenoxy) is 1. The van der Waals surface area contributed by atoms with Crippen LogP contribution in [0.15, 0.2) is 24.3 Å². The average Bonchev–Trinajstić information content (AvgIpc) is 2.21. The molecule has 1 atom stereocenters. The van der Waals surface area contributed by atoms with Crippen LogP contribution in [0, 0.1) is 12.8 Å². The first-order valence-corrected chi connectivity index (χ1v) is 5.51. The second-order valence-electron chi connectivity index (χ2n) is 4.36. The molecule has 1 aromatic carbocycles. The summed E-state index contributed by atoms with van der Waals surface area (Å²) in [5.74, 6) is 0.546. The Morgan fingerprint density at radius 2 is 1.80 bits per heavy atom. The van der Waals surface area contributed by atoms with Crippen LogP contribution in [-0.2, 0) is 4.74 Å². The van der Waals surface area contributed by atoms with Gasteiger partial charge in [-0.15, -0.1) is 0 Å². The van der Waals surface area contributed by atoms with E-state index in [4.69, 9.17) is 10.5 Å². The molecule has 0 aliphatic carbocycles. The summed E-state index contributed by atoms with van der Waals surface area (Å²) in [6, 6.07) is 8.37. The molecule has 1 rings (SSSR count). The van der Waals surface area contributed by atoms with Crippen molar-refractivity contribution in [2.75, 3.05) is 13.2 Å². The van der Waals surface area contributed by atoms with Gasteiger partial charge in [0, 0.05) is 13.2 Å². The van der Waals surface area contributed by atoms with Crippen LogP contribution in [0.2, 0.25) is 0 Å². The Balaban J connectivity index is 2.61. The Hall–Kier alpha value is -0.860. The molecule has 15 heavy (non-hydrogen) atoms. The zero-order chi connectivity index (χ0) is 11.3. The van der Waals surface area contributed by atoms with E-state index in [-0.39, 0.29) is 6.10 Å². The molecule has 0 fully saturated rings. The van der Waals surface area contributed by atoms with E-state index >= 15 is 0 Å². The normalized spacial score (nSPS) is 13.1. The largest absolute Gasteiger partial charge is 0.372 e. The summed E-state index contributed by atoms with van der Waals surface area (Å²) < 4.78 is 5.75.